The smallest absolute Gasteiger partial charge is 0.317 e. The minimum absolute atomic E-state index is 0.00471. The van der Waals surface area contributed by atoms with E-state index in [4.69, 9.17) is 9.47 Å². The van der Waals surface area contributed by atoms with Crippen molar-refractivity contribution in [1.29, 1.82) is 0 Å². The number of anilines is 1. The number of hydrogen-bond donors (Lipinski definition) is 1. The summed E-state index contributed by atoms with van der Waals surface area (Å²) < 4.78 is 11.2. The lowest BCUT2D eigenvalue weighted by Gasteiger charge is -2.43. The summed E-state index contributed by atoms with van der Waals surface area (Å²) in [7, 11) is 3.80. The predicted molar refractivity (Wildman–Crippen MR) is 143 cm³/mol. The van der Waals surface area contributed by atoms with Crippen molar-refractivity contribution < 1.29 is 29.0 Å². The van der Waals surface area contributed by atoms with Crippen LogP contribution < -0.4 is 4.90 Å². The van der Waals surface area contributed by atoms with E-state index in [0.29, 0.717) is 5.56 Å². The van der Waals surface area contributed by atoms with Crippen LogP contribution >= 0.6 is 0 Å². The van der Waals surface area contributed by atoms with E-state index in [2.05, 4.69) is 0 Å². The summed E-state index contributed by atoms with van der Waals surface area (Å²) in [4.78, 5) is 42.2. The van der Waals surface area contributed by atoms with Crippen LogP contribution in [-0.4, -0.2) is 42.5 Å². The second kappa shape index (κ2) is 11.6. The third kappa shape index (κ3) is 6.11. The predicted octanol–water partition coefficient (Wildman–Crippen LogP) is 4.28. The molecule has 0 aromatic heterocycles. The zero-order chi connectivity index (χ0) is 27.3. The molecule has 7 nitrogen and oxygen atoms in total. The number of ether oxygens (including phenoxy) is 2. The Hall–Kier alpha value is -3.97. The van der Waals surface area contributed by atoms with E-state index in [9.17, 15) is 19.5 Å². The maximum atomic E-state index is 13.5. The van der Waals surface area contributed by atoms with Gasteiger partial charge in [-0.05, 0) is 35.7 Å². The Kier molecular flexibility index (Phi) is 8.27. The zero-order valence-electron chi connectivity index (χ0n) is 21.9. The van der Waals surface area contributed by atoms with Crippen LogP contribution in [0.15, 0.2) is 84.9 Å². The van der Waals surface area contributed by atoms with E-state index in [1.807, 2.05) is 91.8 Å². The number of rotatable bonds is 8. The van der Waals surface area contributed by atoms with Crippen molar-refractivity contribution in [3.63, 3.8) is 0 Å². The highest BCUT2D eigenvalue weighted by Gasteiger charge is 2.57. The Labute approximate surface area is 223 Å². The van der Waals surface area contributed by atoms with Crippen LogP contribution in [0.2, 0.25) is 0 Å². The van der Waals surface area contributed by atoms with Gasteiger partial charge in [-0.2, -0.15) is 0 Å². The van der Waals surface area contributed by atoms with Crippen LogP contribution in [-0.2, 0) is 37.1 Å². The number of esters is 2. The molecule has 38 heavy (non-hydrogen) atoms. The highest BCUT2D eigenvalue weighted by atomic mass is 16.5. The lowest BCUT2D eigenvalue weighted by atomic mass is 9.61. The summed E-state index contributed by atoms with van der Waals surface area (Å²) in [6, 6.07) is 25.6. The van der Waals surface area contributed by atoms with E-state index in [1.165, 1.54) is 6.92 Å². The lowest BCUT2D eigenvalue weighted by Crippen LogP contribution is -2.55. The molecule has 7 heteroatoms. The van der Waals surface area contributed by atoms with Crippen LogP contribution in [0, 0.1) is 11.8 Å². The van der Waals surface area contributed by atoms with Gasteiger partial charge in [0.05, 0.1) is 11.5 Å². The fourth-order valence-corrected chi connectivity index (χ4v) is 5.05. The van der Waals surface area contributed by atoms with Crippen molar-refractivity contribution in [2.24, 2.45) is 11.8 Å². The first-order valence-corrected chi connectivity index (χ1v) is 12.6. The van der Waals surface area contributed by atoms with Gasteiger partial charge >= 0.3 is 11.9 Å². The molecule has 1 N–H and O–H groups in total. The van der Waals surface area contributed by atoms with Crippen LogP contribution in [0.1, 0.15) is 36.0 Å². The van der Waals surface area contributed by atoms with Crippen molar-refractivity contribution >= 4 is 23.4 Å². The zero-order valence-corrected chi connectivity index (χ0v) is 21.9. The molecule has 4 rings (SSSR count). The minimum Gasteiger partial charge on any atom is -0.461 e. The molecule has 4 atom stereocenters. The summed E-state index contributed by atoms with van der Waals surface area (Å²) in [5, 5.41) is 11.4. The maximum Gasteiger partial charge on any atom is 0.317 e. The first-order valence-electron chi connectivity index (χ1n) is 12.6. The van der Waals surface area contributed by atoms with Crippen LogP contribution in [0.25, 0.3) is 0 Å². The second-order valence-corrected chi connectivity index (χ2v) is 10.2. The summed E-state index contributed by atoms with van der Waals surface area (Å²) in [6.07, 6.45) is -0.366. The number of carbonyl (C=O) groups is 3. The molecule has 0 bridgehead atoms. The van der Waals surface area contributed by atoms with Gasteiger partial charge in [-0.3, -0.25) is 14.4 Å². The van der Waals surface area contributed by atoms with Gasteiger partial charge in [0.15, 0.2) is 5.78 Å². The van der Waals surface area contributed by atoms with Crippen molar-refractivity contribution in [1.82, 2.24) is 0 Å². The summed E-state index contributed by atoms with van der Waals surface area (Å²) in [5.74, 6) is -5.26. The van der Waals surface area contributed by atoms with Gasteiger partial charge in [-0.15, -0.1) is 0 Å². The van der Waals surface area contributed by atoms with Gasteiger partial charge in [-0.25, -0.2) is 0 Å². The average molecular weight is 516 g/mol. The SMILES string of the molecule is CN(C)c1ccc([C@@H]2[C@H](C(=O)OCc3ccccc3)C(=O)C[C@](C)(O)[C@@H]2C(=O)OCc2ccccc2)cc1. The molecule has 0 saturated heterocycles. The minimum atomic E-state index is -1.72. The topological polar surface area (TPSA) is 93.1 Å². The highest BCUT2D eigenvalue weighted by Crippen LogP contribution is 2.47. The Bertz CT molecular complexity index is 1250. The van der Waals surface area contributed by atoms with Crippen LogP contribution in [0.4, 0.5) is 5.69 Å². The van der Waals surface area contributed by atoms with Gasteiger partial charge < -0.3 is 19.5 Å². The number of carbonyl (C=O) groups excluding carboxylic acids is 3. The molecule has 0 aliphatic heterocycles. The van der Waals surface area contributed by atoms with Gasteiger partial charge in [0, 0.05) is 32.1 Å². The fourth-order valence-electron chi connectivity index (χ4n) is 5.05. The van der Waals surface area contributed by atoms with E-state index in [-0.39, 0.29) is 19.6 Å². The van der Waals surface area contributed by atoms with Crippen LogP contribution in [0.5, 0.6) is 0 Å². The third-order valence-corrected chi connectivity index (χ3v) is 7.02. The number of ketones is 1. The molecule has 1 saturated carbocycles. The van der Waals surface area contributed by atoms with E-state index in [1.54, 1.807) is 12.1 Å². The molecule has 198 valence electrons. The number of benzene rings is 3. The monoisotopic (exact) mass is 515 g/mol. The molecule has 0 radical (unpaired) electrons. The van der Waals surface area contributed by atoms with Crippen molar-refractivity contribution in [3.8, 4) is 0 Å². The lowest BCUT2D eigenvalue weighted by molar-refractivity contribution is -0.174. The summed E-state index contributed by atoms with van der Waals surface area (Å²) in [6.45, 7) is 1.46. The standard InChI is InChI=1S/C31H33NO6/c1-31(36)18-25(33)27(29(34)37-19-21-10-6-4-7-11-21)26(23-14-16-24(17-15-23)32(2)3)28(31)30(35)38-20-22-12-8-5-9-13-22/h4-17,26-28,36H,18-20H2,1-3H3/t26-,27-,28+,31+/m1/s1. The van der Waals surface area contributed by atoms with Crippen molar-refractivity contribution in [2.75, 3.05) is 19.0 Å². The largest absolute Gasteiger partial charge is 0.461 e. The molecular weight excluding hydrogens is 482 g/mol. The molecule has 1 fully saturated rings. The molecule has 1 aliphatic carbocycles. The van der Waals surface area contributed by atoms with Gasteiger partial charge in [0.25, 0.3) is 0 Å². The molecule has 1 aliphatic rings. The average Bonchev–Trinajstić information content (AvgIpc) is 2.90. The molecule has 0 spiro atoms. The summed E-state index contributed by atoms with van der Waals surface area (Å²) in [5.41, 5.74) is 1.34. The van der Waals surface area contributed by atoms with Crippen molar-refractivity contribution in [3.05, 3.63) is 102 Å². The first kappa shape index (κ1) is 27.1. The maximum absolute atomic E-state index is 13.5. The molecule has 0 heterocycles. The number of Topliss-reactive ketones (excluding diaryl/α,β-unsaturated/α-hetero) is 1. The Balaban J connectivity index is 1.68. The molecule has 3 aromatic rings. The molecular formula is C31H33NO6. The Morgan fingerprint density at radius 2 is 1.34 bits per heavy atom. The van der Waals surface area contributed by atoms with E-state index >= 15 is 0 Å². The van der Waals surface area contributed by atoms with Gasteiger partial charge in [-0.1, -0.05) is 72.8 Å². The molecule has 3 aromatic carbocycles. The normalized spacial score (nSPS) is 22.9. The number of aliphatic hydroxyl groups is 1. The molecule has 0 amide bonds. The van der Waals surface area contributed by atoms with E-state index < -0.39 is 41.1 Å². The summed E-state index contributed by atoms with van der Waals surface area (Å²) >= 11 is 0. The number of nitrogens with zero attached hydrogens (tertiary/aromatic N) is 1. The molecule has 0 unspecified atom stereocenters. The number of hydrogen-bond acceptors (Lipinski definition) is 7. The Morgan fingerprint density at radius 1 is 0.842 bits per heavy atom. The van der Waals surface area contributed by atoms with Crippen LogP contribution in [0.3, 0.4) is 0 Å². The second-order valence-electron chi connectivity index (χ2n) is 10.2. The third-order valence-electron chi connectivity index (χ3n) is 7.02. The van der Waals surface area contributed by atoms with Crippen molar-refractivity contribution in [2.45, 2.75) is 38.1 Å². The van der Waals surface area contributed by atoms with Gasteiger partial charge in [0.1, 0.15) is 19.1 Å². The van der Waals surface area contributed by atoms with E-state index in [0.717, 1.165) is 16.8 Å². The highest BCUT2D eigenvalue weighted by molar-refractivity contribution is 6.02. The quantitative estimate of drug-likeness (QED) is 0.354. The Morgan fingerprint density at radius 3 is 1.84 bits per heavy atom. The van der Waals surface area contributed by atoms with Gasteiger partial charge in [0.2, 0.25) is 0 Å². The first-order chi connectivity index (χ1) is 18.2. The fraction of sp³-hybridized carbons (Fsp3) is 0.323.